The first-order valence-corrected chi connectivity index (χ1v) is 20.2. The Morgan fingerprint density at radius 3 is 1.47 bits per heavy atom. The molecule has 5 heteroatoms. The summed E-state index contributed by atoms with van der Waals surface area (Å²) in [7, 11) is 0. The number of furan rings is 1. The number of hydrogen-bond acceptors (Lipinski definition) is 4. The minimum absolute atomic E-state index is 0.0162. The zero-order valence-electron chi connectivity index (χ0n) is 40.9. The molecule has 0 fully saturated rings. The third kappa shape index (κ3) is 6.14. The second-order valence-electron chi connectivity index (χ2n) is 15.0. The van der Waals surface area contributed by atoms with Gasteiger partial charge in [-0.3, -0.25) is 0 Å². The summed E-state index contributed by atoms with van der Waals surface area (Å²) in [4.78, 5) is 15.3. The van der Waals surface area contributed by atoms with E-state index in [4.69, 9.17) is 27.6 Å². The van der Waals surface area contributed by atoms with Crippen molar-refractivity contribution in [2.24, 2.45) is 0 Å². The molecule has 0 atom stereocenters. The van der Waals surface area contributed by atoms with E-state index in [1.807, 2.05) is 115 Å². The van der Waals surface area contributed by atoms with Crippen molar-refractivity contribution in [3.05, 3.63) is 218 Å². The molecular weight excluding hydrogens is 757 g/mol. The molecule has 0 unspecified atom stereocenters. The Bertz CT molecular complexity index is 4010. The predicted octanol–water partition coefficient (Wildman–Crippen LogP) is 14.9. The molecule has 0 saturated heterocycles. The molecule has 3 aromatic heterocycles. The molecular formula is C57H36N4O. The molecule has 9 aromatic carbocycles. The first-order valence-electron chi connectivity index (χ1n) is 24.2. The lowest BCUT2D eigenvalue weighted by atomic mass is 9.97. The summed E-state index contributed by atoms with van der Waals surface area (Å²) in [6, 6.07) is 51.8. The molecule has 5 nitrogen and oxygen atoms in total. The summed E-state index contributed by atoms with van der Waals surface area (Å²) in [5.74, 6) is 0.892. The molecule has 0 saturated carbocycles. The fourth-order valence-electron chi connectivity index (χ4n) is 8.30. The van der Waals surface area contributed by atoms with Crippen molar-refractivity contribution < 1.29 is 15.4 Å². The second kappa shape index (κ2) is 14.7. The molecule has 0 aliphatic carbocycles. The SMILES string of the molecule is [2H]c1c([2H])c([2H])c2c(c1[2H])c1c([2H])c([2H])c([2H])c([2H])c1n2-c1ccc(-c2ccc(-c3ccc(-c4ccccc4)cc3)cc2)cc1-c1nc(-c2ccccc2)nc(-c2ccc3c(c2)oc2ccccc23)n1. The number of fused-ring (bicyclic) bond motifs is 6. The molecule has 290 valence electrons. The molecule has 0 spiro atoms. The van der Waals surface area contributed by atoms with Crippen LogP contribution in [0.3, 0.4) is 0 Å². The normalized spacial score (nSPS) is 13.4. The molecule has 0 N–H and O–H groups in total. The zero-order chi connectivity index (χ0) is 47.9. The number of hydrogen-bond donors (Lipinski definition) is 0. The quantitative estimate of drug-likeness (QED) is 0.161. The van der Waals surface area contributed by atoms with Gasteiger partial charge in [-0.25, -0.2) is 15.0 Å². The highest BCUT2D eigenvalue weighted by Crippen LogP contribution is 2.39. The molecule has 0 aliphatic rings. The number of para-hydroxylation sites is 3. The highest BCUT2D eigenvalue weighted by molar-refractivity contribution is 6.10. The van der Waals surface area contributed by atoms with E-state index in [0.29, 0.717) is 39.6 Å². The maximum Gasteiger partial charge on any atom is 0.166 e. The Kier molecular flexibility index (Phi) is 6.67. The summed E-state index contributed by atoms with van der Waals surface area (Å²) < 4.78 is 79.6. The monoisotopic (exact) mass is 800 g/mol. The van der Waals surface area contributed by atoms with Crippen molar-refractivity contribution in [3.63, 3.8) is 0 Å². The van der Waals surface area contributed by atoms with E-state index >= 15 is 0 Å². The predicted molar refractivity (Wildman–Crippen MR) is 254 cm³/mol. The summed E-state index contributed by atoms with van der Waals surface area (Å²) in [5.41, 5.74) is 9.39. The van der Waals surface area contributed by atoms with Crippen LogP contribution in [0.2, 0.25) is 0 Å². The van der Waals surface area contributed by atoms with E-state index in [1.165, 1.54) is 4.57 Å². The van der Waals surface area contributed by atoms with Gasteiger partial charge in [0.1, 0.15) is 11.2 Å². The number of rotatable bonds is 7. The van der Waals surface area contributed by atoms with Gasteiger partial charge >= 0.3 is 0 Å². The van der Waals surface area contributed by atoms with Crippen molar-refractivity contribution >= 4 is 43.7 Å². The number of benzene rings is 9. The minimum Gasteiger partial charge on any atom is -0.456 e. The largest absolute Gasteiger partial charge is 0.456 e. The van der Waals surface area contributed by atoms with Crippen LogP contribution in [0.1, 0.15) is 11.0 Å². The smallest absolute Gasteiger partial charge is 0.166 e. The Balaban J connectivity index is 1.11. The lowest BCUT2D eigenvalue weighted by Gasteiger charge is -2.16. The lowest BCUT2D eigenvalue weighted by Crippen LogP contribution is -2.04. The zero-order valence-corrected chi connectivity index (χ0v) is 32.9. The van der Waals surface area contributed by atoms with Crippen LogP contribution in [0.25, 0.3) is 117 Å². The molecule has 0 amide bonds. The molecule has 12 rings (SSSR count). The van der Waals surface area contributed by atoms with Crippen molar-refractivity contribution in [1.29, 1.82) is 0 Å². The van der Waals surface area contributed by atoms with E-state index in [0.717, 1.165) is 49.7 Å². The molecule has 0 bridgehead atoms. The van der Waals surface area contributed by atoms with Crippen molar-refractivity contribution in [2.45, 2.75) is 0 Å². The van der Waals surface area contributed by atoms with Gasteiger partial charge in [-0.1, -0.05) is 176 Å². The van der Waals surface area contributed by atoms with Crippen LogP contribution in [0, 0.1) is 0 Å². The van der Waals surface area contributed by atoms with E-state index in [2.05, 4.69) is 48.5 Å². The average Bonchev–Trinajstić information content (AvgIpc) is 3.98. The van der Waals surface area contributed by atoms with Crippen LogP contribution in [0.15, 0.2) is 223 Å². The van der Waals surface area contributed by atoms with Gasteiger partial charge < -0.3 is 8.98 Å². The van der Waals surface area contributed by atoms with Gasteiger partial charge in [0, 0.05) is 38.2 Å². The van der Waals surface area contributed by atoms with Crippen LogP contribution in [0.5, 0.6) is 0 Å². The van der Waals surface area contributed by atoms with Gasteiger partial charge in [-0.2, -0.15) is 0 Å². The molecule has 0 radical (unpaired) electrons. The van der Waals surface area contributed by atoms with E-state index in [1.54, 1.807) is 6.07 Å². The van der Waals surface area contributed by atoms with Gasteiger partial charge in [0.2, 0.25) is 0 Å². The van der Waals surface area contributed by atoms with E-state index in [-0.39, 0.29) is 27.6 Å². The average molecular weight is 801 g/mol. The second-order valence-corrected chi connectivity index (χ2v) is 15.0. The summed E-state index contributed by atoms with van der Waals surface area (Å²) in [5, 5.41) is 1.84. The summed E-state index contributed by atoms with van der Waals surface area (Å²) in [6.07, 6.45) is 0. The number of aromatic nitrogens is 4. The molecule has 12 aromatic rings. The standard InChI is InChI=1S/C57H36N4O/c1-3-13-37(14-4-1)38-23-25-39(26-24-38)40-27-29-41(30-28-40)43-32-34-52(61-50-20-10-7-17-45(50)46-18-8-11-21-51(46)61)49(35-43)57-59-55(42-15-5-2-6-16-42)58-56(60-57)44-31-33-48-47-19-9-12-22-53(47)62-54(48)36-44/h1-36H/i7D,8D,10D,11D,17D,18D,20D,21D. The van der Waals surface area contributed by atoms with Crippen molar-refractivity contribution in [1.82, 2.24) is 19.5 Å². The fraction of sp³-hybridized carbons (Fsp3) is 0. The first kappa shape index (κ1) is 28.1. The Labute approximate surface area is 369 Å². The summed E-state index contributed by atoms with van der Waals surface area (Å²) in [6.45, 7) is 0. The Hall–Kier alpha value is -8.41. The van der Waals surface area contributed by atoms with Crippen molar-refractivity contribution in [2.75, 3.05) is 0 Å². The van der Waals surface area contributed by atoms with E-state index in [9.17, 15) is 2.74 Å². The maximum atomic E-state index is 9.32. The van der Waals surface area contributed by atoms with Crippen LogP contribution < -0.4 is 0 Å². The Morgan fingerprint density at radius 1 is 0.355 bits per heavy atom. The van der Waals surface area contributed by atoms with Gasteiger partial charge in [0.05, 0.1) is 27.7 Å². The lowest BCUT2D eigenvalue weighted by molar-refractivity contribution is 0.669. The first-order chi connectivity index (χ1) is 34.0. The highest BCUT2D eigenvalue weighted by atomic mass is 16.3. The molecule has 0 aliphatic heterocycles. The third-order valence-electron chi connectivity index (χ3n) is 11.4. The maximum absolute atomic E-state index is 9.32. The summed E-state index contributed by atoms with van der Waals surface area (Å²) >= 11 is 0. The van der Waals surface area contributed by atoms with Crippen LogP contribution in [0.4, 0.5) is 0 Å². The highest BCUT2D eigenvalue weighted by Gasteiger charge is 2.21. The van der Waals surface area contributed by atoms with Gasteiger partial charge in [-0.15, -0.1) is 0 Å². The molecule has 3 heterocycles. The van der Waals surface area contributed by atoms with Crippen molar-refractivity contribution in [3.8, 4) is 73.2 Å². The number of nitrogens with zero attached hydrogens (tertiary/aromatic N) is 4. The van der Waals surface area contributed by atoms with E-state index < -0.39 is 48.3 Å². The molecule has 62 heavy (non-hydrogen) atoms. The van der Waals surface area contributed by atoms with Gasteiger partial charge in [0.15, 0.2) is 17.5 Å². The topological polar surface area (TPSA) is 56.7 Å². The van der Waals surface area contributed by atoms with Gasteiger partial charge in [0.25, 0.3) is 0 Å². The Morgan fingerprint density at radius 2 is 0.823 bits per heavy atom. The van der Waals surface area contributed by atoms with Crippen LogP contribution in [-0.4, -0.2) is 19.5 Å². The van der Waals surface area contributed by atoms with Crippen LogP contribution >= 0.6 is 0 Å². The fourth-order valence-corrected chi connectivity index (χ4v) is 8.30. The minimum atomic E-state index is -0.522. The van der Waals surface area contributed by atoms with Gasteiger partial charge in [-0.05, 0) is 75.8 Å². The third-order valence-corrected chi connectivity index (χ3v) is 11.4. The van der Waals surface area contributed by atoms with Crippen LogP contribution in [-0.2, 0) is 0 Å².